The van der Waals surface area contributed by atoms with Gasteiger partial charge in [-0.15, -0.1) is 0 Å². The normalized spacial score (nSPS) is 24.3. The third kappa shape index (κ3) is 6.20. The predicted octanol–water partition coefficient (Wildman–Crippen LogP) is 3.13. The maximum Gasteiger partial charge on any atom is 0.317 e. The van der Waals surface area contributed by atoms with E-state index >= 15 is 0 Å². The standard InChI is InChI=1S/C30H40N4O4/c1-21-18-34(22(2)17-33(21)19-23-9-10-23)29(25-6-4-8-27(35)16-25)24-5-3-7-26(15-24)30(38)32-13-11-31(12-14-32)20-28(36)37/h3-8,15-16,21-23,29,35H,9-14,17-20H2,1-2H3,(H,36,37)/t21-,22+,29?/m1/s1. The molecule has 2 aliphatic heterocycles. The highest BCUT2D eigenvalue weighted by Gasteiger charge is 2.37. The molecular formula is C30H40N4O4. The number of rotatable bonds is 8. The van der Waals surface area contributed by atoms with Gasteiger partial charge in [0.1, 0.15) is 5.75 Å². The van der Waals surface area contributed by atoms with Crippen LogP contribution in [0, 0.1) is 5.92 Å². The fourth-order valence-corrected chi connectivity index (χ4v) is 6.07. The molecule has 2 aromatic rings. The molecule has 8 nitrogen and oxygen atoms in total. The van der Waals surface area contributed by atoms with Crippen LogP contribution in [0.1, 0.15) is 54.2 Å². The molecule has 0 bridgehead atoms. The Morgan fingerprint density at radius 1 is 0.921 bits per heavy atom. The molecule has 204 valence electrons. The molecule has 2 saturated heterocycles. The van der Waals surface area contributed by atoms with Gasteiger partial charge in [-0.2, -0.15) is 0 Å². The molecule has 0 radical (unpaired) electrons. The number of aromatic hydroxyl groups is 1. The van der Waals surface area contributed by atoms with Crippen molar-refractivity contribution in [2.75, 3.05) is 52.4 Å². The summed E-state index contributed by atoms with van der Waals surface area (Å²) in [5.74, 6) is 0.235. The number of phenols is 1. The first-order chi connectivity index (χ1) is 18.3. The zero-order chi connectivity index (χ0) is 26.8. The number of nitrogens with zero attached hydrogens (tertiary/aromatic N) is 4. The van der Waals surface area contributed by atoms with E-state index in [0.29, 0.717) is 43.8 Å². The summed E-state index contributed by atoms with van der Waals surface area (Å²) in [6, 6.07) is 16.1. The Balaban J connectivity index is 1.38. The summed E-state index contributed by atoms with van der Waals surface area (Å²) >= 11 is 0. The summed E-state index contributed by atoms with van der Waals surface area (Å²) in [5.41, 5.74) is 2.71. The van der Waals surface area contributed by atoms with Crippen molar-refractivity contribution < 1.29 is 19.8 Å². The van der Waals surface area contributed by atoms with Crippen LogP contribution >= 0.6 is 0 Å². The molecule has 3 atom stereocenters. The number of carboxylic acid groups (broad SMARTS) is 1. The number of benzene rings is 2. The topological polar surface area (TPSA) is 87.6 Å². The molecule has 1 unspecified atom stereocenters. The summed E-state index contributed by atoms with van der Waals surface area (Å²) in [5, 5.41) is 19.4. The number of carbonyl (C=O) groups excluding carboxylic acids is 1. The molecule has 5 rings (SSSR count). The smallest absolute Gasteiger partial charge is 0.317 e. The molecule has 2 aromatic carbocycles. The zero-order valence-corrected chi connectivity index (χ0v) is 22.5. The first-order valence-corrected chi connectivity index (χ1v) is 13.9. The van der Waals surface area contributed by atoms with Gasteiger partial charge in [0.2, 0.25) is 0 Å². The number of carboxylic acids is 1. The van der Waals surface area contributed by atoms with Gasteiger partial charge >= 0.3 is 5.97 Å². The summed E-state index contributed by atoms with van der Waals surface area (Å²) in [4.78, 5) is 33.4. The second-order valence-electron chi connectivity index (χ2n) is 11.4. The van der Waals surface area contributed by atoms with Crippen molar-refractivity contribution in [2.45, 2.75) is 44.8 Å². The van der Waals surface area contributed by atoms with E-state index in [4.69, 9.17) is 5.11 Å². The monoisotopic (exact) mass is 520 g/mol. The van der Waals surface area contributed by atoms with Crippen molar-refractivity contribution in [3.05, 3.63) is 65.2 Å². The SMILES string of the molecule is C[C@@H]1CN(C(c2cccc(O)c2)c2cccc(C(=O)N3CCN(CC(=O)O)CC3)c2)[C@@H](C)CN1CC1CC1. The number of carbonyl (C=O) groups is 2. The molecular weight excluding hydrogens is 480 g/mol. The second kappa shape index (κ2) is 11.4. The highest BCUT2D eigenvalue weighted by atomic mass is 16.4. The lowest BCUT2D eigenvalue weighted by molar-refractivity contribution is -0.138. The summed E-state index contributed by atoms with van der Waals surface area (Å²) < 4.78 is 0. The van der Waals surface area contributed by atoms with Crippen LogP contribution in [0.4, 0.5) is 0 Å². The van der Waals surface area contributed by atoms with Crippen molar-refractivity contribution >= 4 is 11.9 Å². The molecule has 38 heavy (non-hydrogen) atoms. The fourth-order valence-electron chi connectivity index (χ4n) is 6.07. The first kappa shape index (κ1) is 26.7. The average Bonchev–Trinajstić information content (AvgIpc) is 3.71. The van der Waals surface area contributed by atoms with Crippen LogP contribution in [0.2, 0.25) is 0 Å². The van der Waals surface area contributed by atoms with Crippen LogP contribution in [0.25, 0.3) is 0 Å². The van der Waals surface area contributed by atoms with Gasteiger partial charge < -0.3 is 15.1 Å². The molecule has 8 heteroatoms. The van der Waals surface area contributed by atoms with Crippen LogP contribution in [0.5, 0.6) is 5.75 Å². The Kier molecular flexibility index (Phi) is 8.02. The van der Waals surface area contributed by atoms with Gasteiger partial charge in [-0.3, -0.25) is 24.3 Å². The van der Waals surface area contributed by atoms with Crippen LogP contribution in [0.3, 0.4) is 0 Å². The van der Waals surface area contributed by atoms with E-state index in [1.54, 1.807) is 6.07 Å². The number of hydrogen-bond acceptors (Lipinski definition) is 6. The van der Waals surface area contributed by atoms with Gasteiger partial charge in [0.15, 0.2) is 0 Å². The van der Waals surface area contributed by atoms with Gasteiger partial charge in [0.25, 0.3) is 5.91 Å². The van der Waals surface area contributed by atoms with E-state index in [2.05, 4.69) is 35.8 Å². The minimum atomic E-state index is -0.840. The molecule has 1 amide bonds. The Morgan fingerprint density at radius 3 is 2.26 bits per heavy atom. The number of piperazine rings is 2. The Labute approximate surface area is 225 Å². The number of hydrogen-bond donors (Lipinski definition) is 2. The van der Waals surface area contributed by atoms with Gasteiger partial charge in [-0.1, -0.05) is 24.3 Å². The minimum Gasteiger partial charge on any atom is -0.508 e. The van der Waals surface area contributed by atoms with E-state index < -0.39 is 5.97 Å². The van der Waals surface area contributed by atoms with E-state index in [1.807, 2.05) is 40.1 Å². The van der Waals surface area contributed by atoms with Crippen LogP contribution in [-0.2, 0) is 4.79 Å². The molecule has 2 N–H and O–H groups in total. The Hall–Kier alpha value is -2.94. The number of phenolic OH excluding ortho intramolecular Hbond substituents is 1. The maximum atomic E-state index is 13.5. The summed E-state index contributed by atoms with van der Waals surface area (Å²) in [6.07, 6.45) is 2.70. The van der Waals surface area contributed by atoms with Crippen molar-refractivity contribution in [1.29, 1.82) is 0 Å². The molecule has 0 aromatic heterocycles. The van der Waals surface area contributed by atoms with Crippen LogP contribution in [-0.4, -0.2) is 106 Å². The van der Waals surface area contributed by atoms with E-state index in [0.717, 1.165) is 30.1 Å². The third-order valence-corrected chi connectivity index (χ3v) is 8.34. The quantitative estimate of drug-likeness (QED) is 0.553. The largest absolute Gasteiger partial charge is 0.508 e. The molecule has 1 aliphatic carbocycles. The number of aliphatic carboxylic acids is 1. The van der Waals surface area contributed by atoms with Gasteiger partial charge in [-0.05, 0) is 68.0 Å². The van der Waals surface area contributed by atoms with E-state index in [1.165, 1.54) is 19.4 Å². The Bertz CT molecular complexity index is 1140. The van der Waals surface area contributed by atoms with E-state index in [9.17, 15) is 14.7 Å². The molecule has 3 aliphatic rings. The predicted molar refractivity (Wildman–Crippen MR) is 146 cm³/mol. The highest BCUT2D eigenvalue weighted by molar-refractivity contribution is 5.94. The molecule has 2 heterocycles. The zero-order valence-electron chi connectivity index (χ0n) is 22.5. The lowest BCUT2D eigenvalue weighted by atomic mass is 9.92. The highest BCUT2D eigenvalue weighted by Crippen LogP contribution is 2.37. The third-order valence-electron chi connectivity index (χ3n) is 8.34. The summed E-state index contributed by atoms with van der Waals surface area (Å²) in [7, 11) is 0. The van der Waals surface area contributed by atoms with Crippen molar-refractivity contribution in [1.82, 2.24) is 19.6 Å². The van der Waals surface area contributed by atoms with Gasteiger partial charge in [0.05, 0.1) is 12.6 Å². The van der Waals surface area contributed by atoms with Crippen molar-refractivity contribution in [3.63, 3.8) is 0 Å². The van der Waals surface area contributed by atoms with Crippen LogP contribution < -0.4 is 0 Å². The Morgan fingerprint density at radius 2 is 1.61 bits per heavy atom. The average molecular weight is 521 g/mol. The van der Waals surface area contributed by atoms with Gasteiger partial charge in [0, 0.05) is 63.5 Å². The maximum absolute atomic E-state index is 13.5. The summed E-state index contributed by atoms with van der Waals surface area (Å²) in [6.45, 7) is 9.86. The first-order valence-electron chi connectivity index (χ1n) is 13.9. The minimum absolute atomic E-state index is 0.00758. The number of amides is 1. The lowest BCUT2D eigenvalue weighted by Crippen LogP contribution is -2.57. The van der Waals surface area contributed by atoms with Crippen LogP contribution in [0.15, 0.2) is 48.5 Å². The van der Waals surface area contributed by atoms with E-state index in [-0.39, 0.29) is 24.2 Å². The van der Waals surface area contributed by atoms with Crippen molar-refractivity contribution in [2.24, 2.45) is 5.92 Å². The lowest BCUT2D eigenvalue weighted by Gasteiger charge is -2.48. The second-order valence-corrected chi connectivity index (χ2v) is 11.4. The van der Waals surface area contributed by atoms with Crippen molar-refractivity contribution in [3.8, 4) is 5.75 Å². The molecule has 3 fully saturated rings. The molecule has 1 saturated carbocycles. The fraction of sp³-hybridized carbons (Fsp3) is 0.533. The van der Waals surface area contributed by atoms with Gasteiger partial charge in [-0.25, -0.2) is 0 Å². The molecule has 0 spiro atoms.